The molecule has 0 bridgehead atoms. The normalized spacial score (nSPS) is 18.0. The maximum atomic E-state index is 13.3. The number of nitrogens with zero attached hydrogens (tertiary/aromatic N) is 4. The molecule has 0 unspecified atom stereocenters. The van der Waals surface area contributed by atoms with E-state index >= 15 is 0 Å². The third-order valence-electron chi connectivity index (χ3n) is 5.91. The molecule has 9 nitrogen and oxygen atoms in total. The monoisotopic (exact) mass is 519 g/mol. The molecule has 2 aliphatic rings. The lowest BCUT2D eigenvalue weighted by Gasteiger charge is -2.34. The summed E-state index contributed by atoms with van der Waals surface area (Å²) < 4.78 is 68.1. The third-order valence-corrected chi connectivity index (χ3v) is 7.85. The molecule has 1 saturated carbocycles. The second kappa shape index (κ2) is 9.76. The van der Waals surface area contributed by atoms with Crippen LogP contribution >= 0.6 is 11.3 Å². The van der Waals surface area contributed by atoms with Gasteiger partial charge in [-0.25, -0.2) is 13.6 Å². The molecule has 2 fully saturated rings. The number of rotatable bonds is 6. The smallest absolute Gasteiger partial charge is 0.374 e. The van der Waals surface area contributed by atoms with E-state index in [-0.39, 0.29) is 60.4 Å². The fourth-order valence-corrected chi connectivity index (χ4v) is 5.35. The number of ether oxygens (including phenoxy) is 1. The Balaban J connectivity index is 1.48. The number of alkyl halides is 3. The van der Waals surface area contributed by atoms with Gasteiger partial charge in [-0.2, -0.15) is 13.2 Å². The minimum atomic E-state index is -4.56. The predicted octanol–water partition coefficient (Wildman–Crippen LogP) is 2.63. The summed E-state index contributed by atoms with van der Waals surface area (Å²) >= 11 is 0.456. The number of aromatic nitrogens is 2. The zero-order valence-electron chi connectivity index (χ0n) is 18.1. The van der Waals surface area contributed by atoms with Crippen LogP contribution in [0.4, 0.5) is 18.3 Å². The average molecular weight is 520 g/mol. The van der Waals surface area contributed by atoms with Crippen molar-refractivity contribution >= 4 is 32.4 Å². The van der Waals surface area contributed by atoms with Crippen LogP contribution in [-0.4, -0.2) is 61.7 Å². The van der Waals surface area contributed by atoms with Crippen LogP contribution in [0, 0.1) is 0 Å². The van der Waals surface area contributed by atoms with E-state index < -0.39 is 21.2 Å². The second-order valence-corrected chi connectivity index (χ2v) is 10.8. The van der Waals surface area contributed by atoms with Gasteiger partial charge < -0.3 is 14.5 Å². The summed E-state index contributed by atoms with van der Waals surface area (Å²) in [6, 6.07) is 4.15. The van der Waals surface area contributed by atoms with Crippen LogP contribution < -0.4 is 10.0 Å². The molecule has 1 amide bonds. The zero-order valence-corrected chi connectivity index (χ0v) is 19.8. The molecule has 2 N–H and O–H groups in total. The van der Waals surface area contributed by atoms with Crippen LogP contribution in [0.3, 0.4) is 0 Å². The molecule has 14 heteroatoms. The SMILES string of the molecule is NS(=O)(=O)c1ccc(COC2CCCC2)c(C(=O)N2CCN(c3nnc(C(F)(F)F)s3)CC2)c1. The van der Waals surface area contributed by atoms with Crippen LogP contribution in [0.2, 0.25) is 0 Å². The standard InChI is InChI=1S/C20H24F3N5O4S2/c21-20(22,23)18-25-26-19(33-18)28-9-7-27(8-10-28)17(29)16-11-15(34(24,30)31)6-5-13(16)12-32-14-3-1-2-4-14/h5-6,11,14H,1-4,7-10,12H2,(H2,24,30,31). The number of nitrogens with two attached hydrogens (primary N) is 1. The summed E-state index contributed by atoms with van der Waals surface area (Å²) in [6.45, 7) is 1.15. The zero-order chi connectivity index (χ0) is 24.5. The Bertz CT molecular complexity index is 1140. The Kier molecular flexibility index (Phi) is 7.12. The van der Waals surface area contributed by atoms with E-state index in [1.54, 1.807) is 4.90 Å². The number of piperazine rings is 1. The molecule has 2 heterocycles. The Morgan fingerprint density at radius 2 is 1.82 bits per heavy atom. The molecule has 2 aromatic rings. The molecular formula is C20H24F3N5O4S2. The number of primary sulfonamides is 1. The van der Waals surface area contributed by atoms with Gasteiger partial charge in [0, 0.05) is 31.7 Å². The van der Waals surface area contributed by atoms with Gasteiger partial charge in [0.2, 0.25) is 20.2 Å². The summed E-state index contributed by atoms with van der Waals surface area (Å²) in [5, 5.41) is 11.2. The van der Waals surface area contributed by atoms with Gasteiger partial charge in [-0.15, -0.1) is 10.2 Å². The van der Waals surface area contributed by atoms with Crippen molar-refractivity contribution in [3.05, 3.63) is 34.3 Å². The highest BCUT2D eigenvalue weighted by molar-refractivity contribution is 7.89. The van der Waals surface area contributed by atoms with Crippen LogP contribution in [-0.2, 0) is 27.5 Å². The van der Waals surface area contributed by atoms with Crippen LogP contribution in [0.15, 0.2) is 23.1 Å². The minimum absolute atomic E-state index is 0.109. The first-order valence-corrected chi connectivity index (χ1v) is 13.1. The van der Waals surface area contributed by atoms with Crippen molar-refractivity contribution in [2.75, 3.05) is 31.1 Å². The number of anilines is 1. The Labute approximate surface area is 198 Å². The van der Waals surface area contributed by atoms with E-state index in [0.29, 0.717) is 16.9 Å². The van der Waals surface area contributed by atoms with Gasteiger partial charge in [-0.05, 0) is 30.5 Å². The largest absolute Gasteiger partial charge is 0.445 e. The molecule has 0 spiro atoms. The van der Waals surface area contributed by atoms with E-state index in [1.165, 1.54) is 23.1 Å². The summed E-state index contributed by atoms with van der Waals surface area (Å²) in [4.78, 5) is 16.3. The molecule has 0 radical (unpaired) electrons. The van der Waals surface area contributed by atoms with E-state index in [1.807, 2.05) is 0 Å². The Morgan fingerprint density at radius 3 is 2.41 bits per heavy atom. The fraction of sp³-hybridized carbons (Fsp3) is 0.550. The van der Waals surface area contributed by atoms with Gasteiger partial charge in [0.05, 0.1) is 17.6 Å². The number of hydrogen-bond donors (Lipinski definition) is 1. The quantitative estimate of drug-likeness (QED) is 0.623. The minimum Gasteiger partial charge on any atom is -0.374 e. The first-order valence-electron chi connectivity index (χ1n) is 10.7. The highest BCUT2D eigenvalue weighted by Gasteiger charge is 2.37. The van der Waals surface area contributed by atoms with E-state index in [0.717, 1.165) is 25.7 Å². The van der Waals surface area contributed by atoms with Crippen molar-refractivity contribution in [1.82, 2.24) is 15.1 Å². The second-order valence-electron chi connectivity index (χ2n) is 8.25. The van der Waals surface area contributed by atoms with Gasteiger partial charge in [-0.3, -0.25) is 4.79 Å². The maximum Gasteiger partial charge on any atom is 0.445 e. The summed E-state index contributed by atoms with van der Waals surface area (Å²) in [7, 11) is -4.02. The lowest BCUT2D eigenvalue weighted by atomic mass is 10.1. The van der Waals surface area contributed by atoms with Crippen LogP contribution in [0.1, 0.15) is 46.6 Å². The molecule has 1 aliphatic carbocycles. The molecule has 1 aliphatic heterocycles. The average Bonchev–Trinajstić information content (AvgIpc) is 3.49. The molecule has 1 saturated heterocycles. The van der Waals surface area contributed by atoms with Crippen molar-refractivity contribution in [1.29, 1.82) is 0 Å². The van der Waals surface area contributed by atoms with Gasteiger partial charge >= 0.3 is 6.18 Å². The molecule has 0 atom stereocenters. The van der Waals surface area contributed by atoms with Crippen molar-refractivity contribution in [3.8, 4) is 0 Å². The van der Waals surface area contributed by atoms with E-state index in [9.17, 15) is 26.4 Å². The third kappa shape index (κ3) is 5.67. The summed E-state index contributed by atoms with van der Waals surface area (Å²) in [5.74, 6) is -0.386. The number of carbonyl (C=O) groups excluding carboxylic acids is 1. The van der Waals surface area contributed by atoms with Crippen molar-refractivity contribution in [2.45, 2.75) is 49.5 Å². The lowest BCUT2D eigenvalue weighted by Crippen LogP contribution is -2.49. The van der Waals surface area contributed by atoms with Gasteiger partial charge in [-0.1, -0.05) is 30.2 Å². The van der Waals surface area contributed by atoms with Gasteiger partial charge in [0.1, 0.15) is 0 Å². The highest BCUT2D eigenvalue weighted by Crippen LogP contribution is 2.34. The summed E-state index contributed by atoms with van der Waals surface area (Å²) in [5.41, 5.74) is 0.749. The summed E-state index contributed by atoms with van der Waals surface area (Å²) in [6.07, 6.45) is -0.379. The molecule has 34 heavy (non-hydrogen) atoms. The fourth-order valence-electron chi connectivity index (χ4n) is 4.05. The first kappa shape index (κ1) is 24.8. The van der Waals surface area contributed by atoms with E-state index in [2.05, 4.69) is 10.2 Å². The highest BCUT2D eigenvalue weighted by atomic mass is 32.2. The predicted molar refractivity (Wildman–Crippen MR) is 118 cm³/mol. The Hall–Kier alpha value is -2.29. The van der Waals surface area contributed by atoms with E-state index in [4.69, 9.17) is 9.88 Å². The number of benzene rings is 1. The van der Waals surface area contributed by atoms with Gasteiger partial charge in [0.15, 0.2) is 0 Å². The molecule has 1 aromatic heterocycles. The lowest BCUT2D eigenvalue weighted by molar-refractivity contribution is -0.138. The van der Waals surface area contributed by atoms with Crippen LogP contribution in [0.5, 0.6) is 0 Å². The number of sulfonamides is 1. The van der Waals surface area contributed by atoms with Crippen LogP contribution in [0.25, 0.3) is 0 Å². The van der Waals surface area contributed by atoms with Crippen molar-refractivity contribution in [3.63, 3.8) is 0 Å². The molecule has 1 aromatic carbocycles. The van der Waals surface area contributed by atoms with Crippen molar-refractivity contribution in [2.24, 2.45) is 5.14 Å². The number of halogens is 3. The first-order chi connectivity index (χ1) is 16.0. The molecule has 4 rings (SSSR count). The molecule has 186 valence electrons. The molecular weight excluding hydrogens is 495 g/mol. The number of carbonyl (C=O) groups is 1. The van der Waals surface area contributed by atoms with Crippen molar-refractivity contribution < 1.29 is 31.1 Å². The van der Waals surface area contributed by atoms with Gasteiger partial charge in [0.25, 0.3) is 5.91 Å². The topological polar surface area (TPSA) is 119 Å². The number of hydrogen-bond acceptors (Lipinski definition) is 8. The number of amides is 1. The maximum absolute atomic E-state index is 13.3. The Morgan fingerprint density at radius 1 is 1.15 bits per heavy atom.